The molecule has 7 heteroatoms. The Hall–Kier alpha value is -2.12. The number of amides is 1. The summed E-state index contributed by atoms with van der Waals surface area (Å²) in [7, 11) is -3.49. The van der Waals surface area contributed by atoms with Crippen molar-refractivity contribution in [3.63, 3.8) is 0 Å². The lowest BCUT2D eigenvalue weighted by Gasteiger charge is -2.18. The molecule has 0 spiro atoms. The minimum Gasteiger partial charge on any atom is -0.289 e. The molecule has 0 saturated heterocycles. The van der Waals surface area contributed by atoms with Gasteiger partial charge in [-0.05, 0) is 30.4 Å². The number of sulfonamides is 1. The predicted molar refractivity (Wildman–Crippen MR) is 86.9 cm³/mol. The van der Waals surface area contributed by atoms with Gasteiger partial charge in [0.15, 0.2) is 0 Å². The van der Waals surface area contributed by atoms with Crippen molar-refractivity contribution < 1.29 is 18.4 Å². The molecule has 2 N–H and O–H groups in total. The zero-order chi connectivity index (χ0) is 16.4. The minimum absolute atomic E-state index is 0.235. The summed E-state index contributed by atoms with van der Waals surface area (Å²) in [4.78, 5) is 11.3. The van der Waals surface area contributed by atoms with Gasteiger partial charge in [0.25, 0.3) is 10.0 Å². The van der Waals surface area contributed by atoms with Crippen LogP contribution >= 0.6 is 0 Å². The van der Waals surface area contributed by atoms with Gasteiger partial charge in [-0.2, -0.15) is 0 Å². The summed E-state index contributed by atoms with van der Waals surface area (Å²) >= 11 is 0. The van der Waals surface area contributed by atoms with E-state index in [0.29, 0.717) is 30.7 Å². The van der Waals surface area contributed by atoms with Gasteiger partial charge < -0.3 is 0 Å². The molecular formula is C16H18N2O4S. The molecule has 6 nitrogen and oxygen atoms in total. The largest absolute Gasteiger partial charge is 0.289 e. The first-order chi connectivity index (χ1) is 11.1. The molecule has 0 radical (unpaired) electrons. The normalized spacial score (nSPS) is 15.1. The highest BCUT2D eigenvalue weighted by atomic mass is 32.2. The van der Waals surface area contributed by atoms with Gasteiger partial charge in [0, 0.05) is 18.4 Å². The van der Waals surface area contributed by atoms with Gasteiger partial charge in [0.1, 0.15) is 0 Å². The number of unbranched alkanes of at least 4 members (excludes halogenated alkanes) is 2. The van der Waals surface area contributed by atoms with Crippen LogP contribution in [0.4, 0.5) is 5.69 Å². The first-order valence-electron chi connectivity index (χ1n) is 7.53. The lowest BCUT2D eigenvalue weighted by molar-refractivity contribution is -0.129. The molecule has 1 aliphatic rings. The van der Waals surface area contributed by atoms with Crippen LogP contribution in [0, 0.1) is 0 Å². The molecule has 0 atom stereocenters. The van der Waals surface area contributed by atoms with E-state index in [4.69, 9.17) is 5.21 Å². The standard InChI is InChI=1S/C16H18N2O4S/c19-15(17-20)10-2-1-3-11-18-13-8-4-6-12-7-5-9-14(16(12)13)23(18,21)22/h4-9,20H,1-3,10-11H2,(H,17,19). The average molecular weight is 334 g/mol. The van der Waals surface area contributed by atoms with Crippen LogP contribution in [-0.4, -0.2) is 26.1 Å². The van der Waals surface area contributed by atoms with Gasteiger partial charge in [-0.1, -0.05) is 30.7 Å². The molecule has 1 amide bonds. The number of hydrogen-bond acceptors (Lipinski definition) is 4. The molecule has 0 fully saturated rings. The number of carbonyl (C=O) groups excluding carboxylic acids is 1. The first kappa shape index (κ1) is 15.8. The zero-order valence-corrected chi connectivity index (χ0v) is 13.3. The fraction of sp³-hybridized carbons (Fsp3) is 0.312. The van der Waals surface area contributed by atoms with Gasteiger partial charge in [-0.25, -0.2) is 13.9 Å². The highest BCUT2D eigenvalue weighted by Gasteiger charge is 2.34. The van der Waals surface area contributed by atoms with Crippen molar-refractivity contribution in [1.29, 1.82) is 0 Å². The Morgan fingerprint density at radius 1 is 1.09 bits per heavy atom. The summed E-state index contributed by atoms with van der Waals surface area (Å²) in [5.74, 6) is -0.420. The van der Waals surface area contributed by atoms with E-state index in [-0.39, 0.29) is 6.42 Å². The number of anilines is 1. The van der Waals surface area contributed by atoms with Crippen molar-refractivity contribution in [2.24, 2.45) is 0 Å². The number of hydroxylamine groups is 1. The van der Waals surface area contributed by atoms with Crippen LogP contribution in [0.3, 0.4) is 0 Å². The van der Waals surface area contributed by atoms with Crippen molar-refractivity contribution in [2.75, 3.05) is 10.8 Å². The third-order valence-electron chi connectivity index (χ3n) is 4.07. The Kier molecular flexibility index (Phi) is 4.23. The van der Waals surface area contributed by atoms with Crippen LogP contribution in [0.25, 0.3) is 10.8 Å². The van der Waals surface area contributed by atoms with Crippen LogP contribution < -0.4 is 9.79 Å². The molecule has 0 saturated carbocycles. The van der Waals surface area contributed by atoms with Crippen molar-refractivity contribution in [3.8, 4) is 0 Å². The highest BCUT2D eigenvalue weighted by molar-refractivity contribution is 7.93. The number of rotatable bonds is 6. The van der Waals surface area contributed by atoms with Gasteiger partial charge in [-0.15, -0.1) is 0 Å². The Balaban J connectivity index is 1.75. The van der Waals surface area contributed by atoms with Crippen molar-refractivity contribution >= 4 is 32.4 Å². The predicted octanol–water partition coefficient (Wildman–Crippen LogP) is 2.41. The van der Waals surface area contributed by atoms with Crippen LogP contribution in [0.5, 0.6) is 0 Å². The van der Waals surface area contributed by atoms with Crippen molar-refractivity contribution in [3.05, 3.63) is 36.4 Å². The summed E-state index contributed by atoms with van der Waals surface area (Å²) in [5, 5.41) is 10.1. The maximum Gasteiger partial charge on any atom is 0.265 e. The molecule has 0 bridgehead atoms. The number of hydrogen-bond donors (Lipinski definition) is 2. The van der Waals surface area contributed by atoms with Crippen molar-refractivity contribution in [1.82, 2.24) is 5.48 Å². The molecule has 0 unspecified atom stereocenters. The smallest absolute Gasteiger partial charge is 0.265 e. The van der Waals surface area contributed by atoms with E-state index < -0.39 is 15.9 Å². The summed E-state index contributed by atoms with van der Waals surface area (Å²) in [6.07, 6.45) is 2.21. The Labute approximate surface area is 134 Å². The van der Waals surface area contributed by atoms with Crippen LogP contribution in [0.1, 0.15) is 25.7 Å². The fourth-order valence-electron chi connectivity index (χ4n) is 2.97. The molecule has 0 aliphatic carbocycles. The van der Waals surface area contributed by atoms with E-state index in [9.17, 15) is 13.2 Å². The lowest BCUT2D eigenvalue weighted by atomic mass is 10.1. The molecule has 0 aromatic heterocycles. The minimum atomic E-state index is -3.49. The quantitative estimate of drug-likeness (QED) is 0.482. The van der Waals surface area contributed by atoms with Gasteiger partial charge in [0.2, 0.25) is 5.91 Å². The highest BCUT2D eigenvalue weighted by Crippen LogP contribution is 2.41. The lowest BCUT2D eigenvalue weighted by Crippen LogP contribution is -2.28. The molecule has 2 aromatic carbocycles. The second-order valence-electron chi connectivity index (χ2n) is 5.55. The number of nitrogens with zero attached hydrogens (tertiary/aromatic N) is 1. The van der Waals surface area contributed by atoms with E-state index in [1.807, 2.05) is 24.3 Å². The molecule has 1 heterocycles. The zero-order valence-electron chi connectivity index (χ0n) is 12.5. The topological polar surface area (TPSA) is 86.7 Å². The second-order valence-corrected chi connectivity index (χ2v) is 7.38. The summed E-state index contributed by atoms with van der Waals surface area (Å²) < 4.78 is 26.9. The van der Waals surface area contributed by atoms with Gasteiger partial charge in [0.05, 0.1) is 10.6 Å². The van der Waals surface area contributed by atoms with Gasteiger partial charge in [-0.3, -0.25) is 14.3 Å². The SMILES string of the molecule is O=C(CCCCCN1c2cccc3cccc(c23)S1(=O)=O)NO. The summed E-state index contributed by atoms with van der Waals surface area (Å²) in [5.41, 5.74) is 2.32. The van der Waals surface area contributed by atoms with E-state index in [0.717, 1.165) is 16.5 Å². The number of carbonyl (C=O) groups is 1. The number of nitrogens with one attached hydrogen (secondary N) is 1. The van der Waals surface area contributed by atoms with Crippen LogP contribution in [0.2, 0.25) is 0 Å². The molecule has 23 heavy (non-hydrogen) atoms. The third-order valence-corrected chi connectivity index (χ3v) is 5.93. The first-order valence-corrected chi connectivity index (χ1v) is 8.97. The maximum atomic E-state index is 12.7. The molecule has 1 aliphatic heterocycles. The Bertz CT molecular complexity index is 843. The van der Waals surface area contributed by atoms with Crippen LogP contribution in [-0.2, 0) is 14.8 Å². The second kappa shape index (κ2) is 6.17. The molecule has 122 valence electrons. The molecular weight excluding hydrogens is 316 g/mol. The summed E-state index contributed by atoms with van der Waals surface area (Å²) in [6, 6.07) is 10.9. The van der Waals surface area contributed by atoms with E-state index in [2.05, 4.69) is 0 Å². The maximum absolute atomic E-state index is 12.7. The monoisotopic (exact) mass is 334 g/mol. The Morgan fingerprint density at radius 2 is 1.83 bits per heavy atom. The third kappa shape index (κ3) is 2.77. The van der Waals surface area contributed by atoms with Crippen LogP contribution in [0.15, 0.2) is 41.3 Å². The molecule has 2 aromatic rings. The number of benzene rings is 2. The van der Waals surface area contributed by atoms with Crippen molar-refractivity contribution in [2.45, 2.75) is 30.6 Å². The Morgan fingerprint density at radius 3 is 2.57 bits per heavy atom. The van der Waals surface area contributed by atoms with E-state index >= 15 is 0 Å². The van der Waals surface area contributed by atoms with E-state index in [1.165, 1.54) is 4.31 Å². The summed E-state index contributed by atoms with van der Waals surface area (Å²) in [6.45, 7) is 0.386. The molecule has 3 rings (SSSR count). The fourth-order valence-corrected chi connectivity index (χ4v) is 4.72. The average Bonchev–Trinajstić information content (AvgIpc) is 2.77. The van der Waals surface area contributed by atoms with Gasteiger partial charge >= 0.3 is 0 Å². The van der Waals surface area contributed by atoms with E-state index in [1.54, 1.807) is 17.6 Å².